The fourth-order valence-corrected chi connectivity index (χ4v) is 2.75. The number of hydrogen-bond donors (Lipinski definition) is 1. The molecule has 0 fully saturated rings. The molecule has 6 heteroatoms. The molecule has 1 aromatic heterocycles. The van der Waals surface area contributed by atoms with Crippen LogP contribution in [0.4, 0.5) is 0 Å². The number of ether oxygens (including phenoxy) is 2. The second-order valence-electron chi connectivity index (χ2n) is 4.76. The zero-order valence-corrected chi connectivity index (χ0v) is 13.1. The van der Waals surface area contributed by atoms with Gasteiger partial charge in [-0.25, -0.2) is 9.97 Å². The van der Waals surface area contributed by atoms with E-state index in [0.29, 0.717) is 19.8 Å². The molecule has 3 rings (SSSR count). The van der Waals surface area contributed by atoms with Crippen molar-refractivity contribution < 1.29 is 9.47 Å². The number of fused-ring (bicyclic) bond motifs is 1. The first-order valence-electron chi connectivity index (χ1n) is 6.86. The van der Waals surface area contributed by atoms with E-state index in [1.54, 1.807) is 12.5 Å². The average Bonchev–Trinajstić information content (AvgIpc) is 2.74. The molecular weight excluding hydrogens is 334 g/mol. The summed E-state index contributed by atoms with van der Waals surface area (Å²) in [7, 11) is 0. The fraction of sp³-hybridized carbons (Fsp3) is 0.333. The van der Waals surface area contributed by atoms with Crippen LogP contribution < -0.4 is 14.8 Å². The smallest absolute Gasteiger partial charge is 0.175 e. The second-order valence-corrected chi connectivity index (χ2v) is 5.61. The zero-order valence-electron chi connectivity index (χ0n) is 11.5. The first-order chi connectivity index (χ1) is 10.3. The maximum absolute atomic E-state index is 5.73. The van der Waals surface area contributed by atoms with Gasteiger partial charge in [0, 0.05) is 25.7 Å². The molecule has 1 aliphatic rings. The van der Waals surface area contributed by atoms with Crippen LogP contribution in [0.1, 0.15) is 17.7 Å². The number of nitrogens with zero attached hydrogens (tertiary/aromatic N) is 2. The van der Waals surface area contributed by atoms with Gasteiger partial charge in [0.05, 0.1) is 23.4 Å². The number of benzene rings is 1. The number of nitrogens with one attached hydrogen (secondary N) is 1. The van der Waals surface area contributed by atoms with E-state index >= 15 is 0 Å². The maximum atomic E-state index is 5.73. The van der Waals surface area contributed by atoms with Crippen molar-refractivity contribution in [3.63, 3.8) is 0 Å². The molecule has 0 atom stereocenters. The third-order valence-electron chi connectivity index (χ3n) is 3.14. The minimum Gasteiger partial charge on any atom is -0.490 e. The normalized spacial score (nSPS) is 13.8. The van der Waals surface area contributed by atoms with Crippen molar-refractivity contribution in [2.75, 3.05) is 13.2 Å². The van der Waals surface area contributed by atoms with Crippen LogP contribution in [0.2, 0.25) is 0 Å². The lowest BCUT2D eigenvalue weighted by Gasteiger charge is -2.12. The summed E-state index contributed by atoms with van der Waals surface area (Å²) in [6.45, 7) is 2.82. The Labute approximate surface area is 131 Å². The molecule has 0 unspecified atom stereocenters. The van der Waals surface area contributed by atoms with E-state index in [-0.39, 0.29) is 0 Å². The van der Waals surface area contributed by atoms with Crippen molar-refractivity contribution >= 4 is 15.9 Å². The SMILES string of the molecule is Brc1cc(CNCc2ccncn2)cc2c1OCCCO2. The molecule has 2 aromatic rings. The van der Waals surface area contributed by atoms with Crippen molar-refractivity contribution in [2.45, 2.75) is 19.5 Å². The van der Waals surface area contributed by atoms with Gasteiger partial charge in [-0.2, -0.15) is 0 Å². The maximum Gasteiger partial charge on any atom is 0.175 e. The van der Waals surface area contributed by atoms with Gasteiger partial charge >= 0.3 is 0 Å². The van der Waals surface area contributed by atoms with Crippen molar-refractivity contribution in [3.05, 3.63) is 46.5 Å². The molecule has 0 saturated heterocycles. The summed E-state index contributed by atoms with van der Waals surface area (Å²) in [6, 6.07) is 5.98. The summed E-state index contributed by atoms with van der Waals surface area (Å²) in [5.74, 6) is 1.60. The Bertz CT molecular complexity index is 607. The van der Waals surface area contributed by atoms with E-state index in [2.05, 4.69) is 37.3 Å². The van der Waals surface area contributed by atoms with Gasteiger partial charge in [-0.15, -0.1) is 0 Å². The molecule has 0 amide bonds. The van der Waals surface area contributed by atoms with Crippen LogP contribution in [-0.2, 0) is 13.1 Å². The van der Waals surface area contributed by atoms with E-state index in [9.17, 15) is 0 Å². The van der Waals surface area contributed by atoms with Crippen LogP contribution in [-0.4, -0.2) is 23.2 Å². The van der Waals surface area contributed by atoms with Crippen LogP contribution in [0.25, 0.3) is 0 Å². The predicted octanol–water partition coefficient (Wildman–Crippen LogP) is 2.69. The minimum atomic E-state index is 0.691. The Morgan fingerprint density at radius 2 is 2.10 bits per heavy atom. The molecule has 1 N–H and O–H groups in total. The Morgan fingerprint density at radius 3 is 2.95 bits per heavy atom. The monoisotopic (exact) mass is 349 g/mol. The van der Waals surface area contributed by atoms with Crippen molar-refractivity contribution in [2.24, 2.45) is 0 Å². The lowest BCUT2D eigenvalue weighted by molar-refractivity contribution is 0.296. The lowest BCUT2D eigenvalue weighted by Crippen LogP contribution is -2.13. The van der Waals surface area contributed by atoms with Gasteiger partial charge in [0.1, 0.15) is 6.33 Å². The van der Waals surface area contributed by atoms with Crippen LogP contribution in [0.15, 0.2) is 35.2 Å². The van der Waals surface area contributed by atoms with Crippen molar-refractivity contribution in [1.29, 1.82) is 0 Å². The summed E-state index contributed by atoms with van der Waals surface area (Å²) < 4.78 is 12.4. The highest BCUT2D eigenvalue weighted by atomic mass is 79.9. The van der Waals surface area contributed by atoms with E-state index in [1.165, 1.54) is 0 Å². The number of halogens is 1. The molecule has 21 heavy (non-hydrogen) atoms. The topological polar surface area (TPSA) is 56.3 Å². The van der Waals surface area contributed by atoms with Gasteiger partial charge in [0.15, 0.2) is 11.5 Å². The second kappa shape index (κ2) is 6.87. The molecule has 0 spiro atoms. The van der Waals surface area contributed by atoms with Gasteiger partial charge in [0.2, 0.25) is 0 Å². The quantitative estimate of drug-likeness (QED) is 0.919. The van der Waals surface area contributed by atoms with Crippen LogP contribution in [0, 0.1) is 0 Å². The standard InChI is InChI=1S/C15H16BrN3O2/c16-13-6-11(7-14-15(13)21-5-1-4-20-14)8-18-9-12-2-3-17-10-19-12/h2-3,6-7,10,18H,1,4-5,8-9H2. The van der Waals surface area contributed by atoms with Gasteiger partial charge in [0.25, 0.3) is 0 Å². The van der Waals surface area contributed by atoms with Gasteiger partial charge in [-0.3, -0.25) is 0 Å². The van der Waals surface area contributed by atoms with Gasteiger partial charge < -0.3 is 14.8 Å². The van der Waals surface area contributed by atoms with Crippen LogP contribution in [0.5, 0.6) is 11.5 Å². The molecule has 0 bridgehead atoms. The molecule has 0 radical (unpaired) electrons. The Hall–Kier alpha value is -1.66. The molecule has 110 valence electrons. The van der Waals surface area contributed by atoms with Gasteiger partial charge in [-0.1, -0.05) is 0 Å². The predicted molar refractivity (Wildman–Crippen MR) is 82.3 cm³/mol. The Kier molecular flexibility index (Phi) is 4.67. The van der Waals surface area contributed by atoms with Crippen molar-refractivity contribution in [1.82, 2.24) is 15.3 Å². The van der Waals surface area contributed by atoms with E-state index < -0.39 is 0 Å². The van der Waals surface area contributed by atoms with Gasteiger partial charge in [-0.05, 0) is 39.7 Å². The summed E-state index contributed by atoms with van der Waals surface area (Å²) in [5, 5.41) is 3.36. The van der Waals surface area contributed by atoms with Crippen LogP contribution >= 0.6 is 15.9 Å². The third kappa shape index (κ3) is 3.71. The fourth-order valence-electron chi connectivity index (χ4n) is 2.14. The highest BCUT2D eigenvalue weighted by Crippen LogP contribution is 2.38. The molecule has 1 aromatic carbocycles. The number of aromatic nitrogens is 2. The van der Waals surface area contributed by atoms with Crippen LogP contribution in [0.3, 0.4) is 0 Å². The Morgan fingerprint density at radius 1 is 1.19 bits per heavy atom. The Balaban J connectivity index is 1.66. The summed E-state index contributed by atoms with van der Waals surface area (Å²) >= 11 is 3.55. The molecular formula is C15H16BrN3O2. The molecule has 0 aliphatic carbocycles. The number of rotatable bonds is 4. The molecule has 5 nitrogen and oxygen atoms in total. The molecule has 1 aliphatic heterocycles. The highest BCUT2D eigenvalue weighted by molar-refractivity contribution is 9.10. The van der Waals surface area contributed by atoms with E-state index in [0.717, 1.165) is 40.2 Å². The minimum absolute atomic E-state index is 0.691. The summed E-state index contributed by atoms with van der Waals surface area (Å²) in [5.41, 5.74) is 2.11. The largest absolute Gasteiger partial charge is 0.490 e. The molecule has 0 saturated carbocycles. The lowest BCUT2D eigenvalue weighted by atomic mass is 10.2. The van der Waals surface area contributed by atoms with E-state index in [4.69, 9.17) is 9.47 Å². The number of hydrogen-bond acceptors (Lipinski definition) is 5. The first-order valence-corrected chi connectivity index (χ1v) is 7.66. The highest BCUT2D eigenvalue weighted by Gasteiger charge is 2.15. The summed E-state index contributed by atoms with van der Waals surface area (Å²) in [6.07, 6.45) is 4.21. The van der Waals surface area contributed by atoms with E-state index in [1.807, 2.05) is 12.1 Å². The van der Waals surface area contributed by atoms with Crippen molar-refractivity contribution in [3.8, 4) is 11.5 Å². The zero-order chi connectivity index (χ0) is 14.5. The average molecular weight is 350 g/mol. The summed E-state index contributed by atoms with van der Waals surface area (Å²) in [4.78, 5) is 8.09. The molecule has 2 heterocycles. The first kappa shape index (κ1) is 14.3. The third-order valence-corrected chi connectivity index (χ3v) is 3.73.